The summed E-state index contributed by atoms with van der Waals surface area (Å²) in [5.74, 6) is 0.863. The Balaban J connectivity index is 1.43. The summed E-state index contributed by atoms with van der Waals surface area (Å²) < 4.78 is 1.45. The molecule has 2 heterocycles. The van der Waals surface area contributed by atoms with E-state index in [-0.39, 0.29) is 19.0 Å². The second-order valence-corrected chi connectivity index (χ2v) is 10.9. The predicted molar refractivity (Wildman–Crippen MR) is 132 cm³/mol. The first kappa shape index (κ1) is 24.4. The van der Waals surface area contributed by atoms with Crippen molar-refractivity contribution in [3.05, 3.63) is 51.1 Å². The highest BCUT2D eigenvalue weighted by Gasteiger charge is 2.56. The number of aromatic nitrogens is 3. The van der Waals surface area contributed by atoms with Gasteiger partial charge in [0.25, 0.3) is 5.56 Å². The largest absolute Gasteiger partial charge is 0.380 e. The van der Waals surface area contributed by atoms with Gasteiger partial charge in [0.2, 0.25) is 11.8 Å². The van der Waals surface area contributed by atoms with E-state index in [0.29, 0.717) is 38.9 Å². The third-order valence-corrected chi connectivity index (χ3v) is 8.59. The molecule has 2 amide bonds. The van der Waals surface area contributed by atoms with Crippen molar-refractivity contribution in [1.29, 1.82) is 0 Å². The molecule has 182 valence electrons. The third kappa shape index (κ3) is 4.73. The van der Waals surface area contributed by atoms with Gasteiger partial charge < -0.3 is 16.4 Å². The molecule has 10 heteroatoms. The summed E-state index contributed by atoms with van der Waals surface area (Å²) in [5, 5.41) is 10.5. The van der Waals surface area contributed by atoms with E-state index >= 15 is 0 Å². The Kier molecular flexibility index (Phi) is 6.80. The minimum atomic E-state index is -0.614. The van der Waals surface area contributed by atoms with Crippen LogP contribution in [0.4, 0.5) is 5.69 Å². The Morgan fingerprint density at radius 3 is 2.62 bits per heavy atom. The molecule has 0 aliphatic heterocycles. The summed E-state index contributed by atoms with van der Waals surface area (Å²) in [4.78, 5) is 41.0. The minimum Gasteiger partial charge on any atom is -0.380 e. The molecule has 3 fully saturated rings. The van der Waals surface area contributed by atoms with E-state index in [1.165, 1.54) is 6.42 Å². The molecule has 2 aromatic rings. The molecule has 0 spiro atoms. The second kappa shape index (κ2) is 9.48. The molecule has 2 aromatic heterocycles. The molecule has 0 radical (unpaired) electrons. The first-order valence-corrected chi connectivity index (χ1v) is 12.4. The van der Waals surface area contributed by atoms with Crippen molar-refractivity contribution in [1.82, 2.24) is 20.1 Å². The molecule has 0 aromatic carbocycles. The highest BCUT2D eigenvalue weighted by atomic mass is 79.9. The van der Waals surface area contributed by atoms with Crippen LogP contribution in [0.3, 0.4) is 0 Å². The van der Waals surface area contributed by atoms with Crippen LogP contribution in [0.15, 0.2) is 40.0 Å². The summed E-state index contributed by atoms with van der Waals surface area (Å²) in [6, 6.07) is 3.07. The number of hydrogen-bond donors (Lipinski definition) is 3. The Morgan fingerprint density at radius 2 is 2.00 bits per heavy atom. The van der Waals surface area contributed by atoms with Crippen LogP contribution < -0.4 is 21.9 Å². The van der Waals surface area contributed by atoms with Gasteiger partial charge >= 0.3 is 0 Å². The second-order valence-electron chi connectivity index (χ2n) is 10.1. The molecule has 3 aliphatic carbocycles. The SMILES string of the molecule is C[C@H]1[C@H]2C[C@H](C[C@H]1Nc1cnn(CC(=O)NC(CC(N)=O)c3ccncc3)c(=O)c1Br)C2(C)C. The van der Waals surface area contributed by atoms with Crippen molar-refractivity contribution >= 4 is 33.4 Å². The summed E-state index contributed by atoms with van der Waals surface area (Å²) in [6.45, 7) is 6.70. The maximum Gasteiger partial charge on any atom is 0.283 e. The van der Waals surface area contributed by atoms with Crippen LogP contribution in [0.2, 0.25) is 0 Å². The fourth-order valence-corrected chi connectivity index (χ4v) is 6.07. The number of pyridine rings is 1. The van der Waals surface area contributed by atoms with E-state index in [1.807, 2.05) is 0 Å². The van der Waals surface area contributed by atoms with Crippen LogP contribution in [-0.2, 0) is 16.1 Å². The van der Waals surface area contributed by atoms with E-state index in [4.69, 9.17) is 5.73 Å². The highest BCUT2D eigenvalue weighted by molar-refractivity contribution is 9.10. The monoisotopic (exact) mass is 530 g/mol. The molecule has 1 unspecified atom stereocenters. The van der Waals surface area contributed by atoms with E-state index in [0.717, 1.165) is 11.1 Å². The van der Waals surface area contributed by atoms with Gasteiger partial charge in [-0.3, -0.25) is 19.4 Å². The van der Waals surface area contributed by atoms with Gasteiger partial charge in [0, 0.05) is 18.4 Å². The normalized spacial score (nSPS) is 25.6. The number of nitrogens with zero attached hydrogens (tertiary/aromatic N) is 3. The van der Waals surface area contributed by atoms with Gasteiger partial charge in [-0.05, 0) is 69.6 Å². The fourth-order valence-electron chi connectivity index (χ4n) is 5.64. The number of fused-ring (bicyclic) bond motifs is 2. The van der Waals surface area contributed by atoms with Crippen LogP contribution in [0.5, 0.6) is 0 Å². The number of hydrogen-bond acceptors (Lipinski definition) is 6. The molecule has 3 saturated carbocycles. The van der Waals surface area contributed by atoms with Gasteiger partial charge in [-0.1, -0.05) is 20.8 Å². The molecule has 9 nitrogen and oxygen atoms in total. The first-order chi connectivity index (χ1) is 16.1. The fraction of sp³-hybridized carbons (Fsp3) is 0.542. The number of halogens is 1. The maximum absolute atomic E-state index is 12.9. The van der Waals surface area contributed by atoms with Gasteiger partial charge in [-0.25, -0.2) is 4.68 Å². The van der Waals surface area contributed by atoms with Gasteiger partial charge in [0.05, 0.1) is 24.3 Å². The van der Waals surface area contributed by atoms with Crippen molar-refractivity contribution in [2.45, 2.75) is 58.7 Å². The Labute approximate surface area is 207 Å². The molecular weight excluding hydrogens is 500 g/mol. The zero-order chi connectivity index (χ0) is 24.6. The van der Waals surface area contributed by atoms with Gasteiger partial charge in [0.1, 0.15) is 11.0 Å². The zero-order valence-electron chi connectivity index (χ0n) is 19.6. The number of carbonyl (C=O) groups excluding carboxylic acids is 2. The molecule has 4 N–H and O–H groups in total. The molecule has 3 aliphatic rings. The molecule has 5 rings (SSSR count). The van der Waals surface area contributed by atoms with Crippen molar-refractivity contribution in [3.63, 3.8) is 0 Å². The van der Waals surface area contributed by atoms with Gasteiger partial charge in [-0.15, -0.1) is 0 Å². The van der Waals surface area contributed by atoms with Crippen LogP contribution in [0.25, 0.3) is 0 Å². The maximum atomic E-state index is 12.9. The number of carbonyl (C=O) groups is 2. The number of anilines is 1. The lowest BCUT2D eigenvalue weighted by Crippen LogP contribution is -2.58. The topological polar surface area (TPSA) is 132 Å². The molecule has 34 heavy (non-hydrogen) atoms. The lowest BCUT2D eigenvalue weighted by molar-refractivity contribution is -0.123. The predicted octanol–water partition coefficient (Wildman–Crippen LogP) is 2.62. The lowest BCUT2D eigenvalue weighted by Gasteiger charge is -2.62. The summed E-state index contributed by atoms with van der Waals surface area (Å²) in [6.07, 6.45) is 7.01. The summed E-state index contributed by atoms with van der Waals surface area (Å²) in [7, 11) is 0. The summed E-state index contributed by atoms with van der Waals surface area (Å²) in [5.41, 5.74) is 6.67. The van der Waals surface area contributed by atoms with E-state index in [2.05, 4.69) is 57.4 Å². The number of rotatable bonds is 8. The van der Waals surface area contributed by atoms with E-state index in [9.17, 15) is 14.4 Å². The first-order valence-electron chi connectivity index (χ1n) is 11.6. The lowest BCUT2D eigenvalue weighted by atomic mass is 9.45. The smallest absolute Gasteiger partial charge is 0.283 e. The van der Waals surface area contributed by atoms with Crippen LogP contribution in [0, 0.1) is 23.2 Å². The standard InChI is InChI=1S/C24H31BrN6O3/c1-13-16-8-15(24(16,2)3)9-17(13)29-19-11-28-31(23(34)22(19)25)12-21(33)30-18(10-20(26)32)14-4-6-27-7-5-14/h4-7,11,13,15-18,29H,8-10,12H2,1-3H3,(H2,26,32)(H,30,33)/t13-,15+,16+,17+,18?/m0/s1. The van der Waals surface area contributed by atoms with Gasteiger partial charge in [0.15, 0.2) is 0 Å². The molecule has 2 bridgehead atoms. The summed E-state index contributed by atoms with van der Waals surface area (Å²) >= 11 is 3.40. The Hall–Kier alpha value is -2.75. The van der Waals surface area contributed by atoms with E-state index in [1.54, 1.807) is 30.7 Å². The zero-order valence-corrected chi connectivity index (χ0v) is 21.2. The highest BCUT2D eigenvalue weighted by Crippen LogP contribution is 2.61. The molecular formula is C24H31BrN6O3. The van der Waals surface area contributed by atoms with Crippen molar-refractivity contribution < 1.29 is 9.59 Å². The number of nitrogens with one attached hydrogen (secondary N) is 2. The van der Waals surface area contributed by atoms with Crippen molar-refractivity contribution in [2.24, 2.45) is 28.9 Å². The average Bonchev–Trinajstić information content (AvgIpc) is 2.79. The molecule has 0 saturated heterocycles. The van der Waals surface area contributed by atoms with Crippen LogP contribution >= 0.6 is 15.9 Å². The number of primary amides is 1. The number of amides is 2. The Bertz CT molecular complexity index is 1140. The Morgan fingerprint density at radius 1 is 1.29 bits per heavy atom. The number of nitrogens with two attached hydrogens (primary N) is 1. The quantitative estimate of drug-likeness (QED) is 0.480. The van der Waals surface area contributed by atoms with Crippen molar-refractivity contribution in [3.8, 4) is 0 Å². The minimum absolute atomic E-state index is 0.0665. The van der Waals surface area contributed by atoms with Crippen molar-refractivity contribution in [2.75, 3.05) is 5.32 Å². The van der Waals surface area contributed by atoms with Gasteiger partial charge in [-0.2, -0.15) is 5.10 Å². The third-order valence-electron chi connectivity index (χ3n) is 7.82. The van der Waals surface area contributed by atoms with E-state index < -0.39 is 23.4 Å². The van der Waals surface area contributed by atoms with Crippen LogP contribution in [0.1, 0.15) is 51.6 Å². The molecule has 5 atom stereocenters. The average molecular weight is 531 g/mol. The van der Waals surface area contributed by atoms with Crippen LogP contribution in [-0.4, -0.2) is 32.6 Å².